The second-order valence-electron chi connectivity index (χ2n) is 12.7. The number of hydrogen-bond acceptors (Lipinski definition) is 6. The fourth-order valence-corrected chi connectivity index (χ4v) is 4.81. The van der Waals surface area contributed by atoms with Gasteiger partial charge in [-0.1, -0.05) is 86.6 Å². The van der Waals surface area contributed by atoms with Crippen LogP contribution in [-0.2, 0) is 30.3 Å². The average molecular weight is 664 g/mol. The minimum Gasteiger partial charge on any atom is -0.463 e. The zero-order valence-corrected chi connectivity index (χ0v) is 28.5. The number of benzene rings is 3. The maximum absolute atomic E-state index is 13.9. The molecule has 0 saturated carbocycles. The predicted octanol–water partition coefficient (Wildman–Crippen LogP) is 5.31. The van der Waals surface area contributed by atoms with E-state index in [-0.39, 0.29) is 31.4 Å². The lowest BCUT2D eigenvalue weighted by Gasteiger charge is -2.28. The third-order valence-corrected chi connectivity index (χ3v) is 7.26. The summed E-state index contributed by atoms with van der Waals surface area (Å²) in [5.74, 6) is -2.05. The molecule has 0 aromatic heterocycles. The summed E-state index contributed by atoms with van der Waals surface area (Å²) in [6, 6.07) is 23.1. The smallest absolute Gasteiger partial charge is 0.328 e. The molecule has 3 N–H and O–H groups in total. The van der Waals surface area contributed by atoms with E-state index < -0.39 is 47.4 Å². The lowest BCUT2D eigenvalue weighted by molar-refractivity contribution is -0.148. The third kappa shape index (κ3) is 12.8. The van der Waals surface area contributed by atoms with Crippen LogP contribution in [0.3, 0.4) is 0 Å². The molecule has 3 aromatic rings. The van der Waals surface area contributed by atoms with E-state index in [4.69, 9.17) is 21.1 Å². The van der Waals surface area contributed by atoms with E-state index in [9.17, 15) is 19.2 Å². The van der Waals surface area contributed by atoms with Gasteiger partial charge in [0.2, 0.25) is 11.8 Å². The lowest BCUT2D eigenvalue weighted by atomic mass is 10.0. The van der Waals surface area contributed by atoms with E-state index in [0.29, 0.717) is 12.0 Å². The number of carbonyl (C=O) groups excluding carboxylic acids is 4. The molecule has 0 spiro atoms. The van der Waals surface area contributed by atoms with Gasteiger partial charge >= 0.3 is 5.97 Å². The molecule has 0 aliphatic rings. The van der Waals surface area contributed by atoms with E-state index in [2.05, 4.69) is 16.0 Å². The first-order valence-electron chi connectivity index (χ1n) is 15.8. The molecule has 0 bridgehead atoms. The van der Waals surface area contributed by atoms with Crippen LogP contribution in [0.15, 0.2) is 84.9 Å². The number of ether oxygens (including phenoxy) is 2. The summed E-state index contributed by atoms with van der Waals surface area (Å²) in [6.07, 6.45) is 0.499. The third-order valence-electron chi connectivity index (χ3n) is 7.10. The Morgan fingerprint density at radius 2 is 1.28 bits per heavy atom. The first kappa shape index (κ1) is 37.2. The summed E-state index contributed by atoms with van der Waals surface area (Å²) in [5, 5.41) is 8.36. The monoisotopic (exact) mass is 663 g/mol. The standard InChI is InChI=1S/C37H46ClN3O6/c1-25(2)22-31(36(45)46-21-20-38)40-35(44)32(24-47-37(3,4)5)41-34(43)30(23-26-12-8-6-9-13-26)39-33(42)29-18-16-28(17-19-29)27-14-10-7-11-15-27/h6-19,25,30-32H,20-24H2,1-5H3,(H,39,42)(H,40,44)(H,41,43)/t30-,31-,32-/m0/s1. The number of nitrogens with one attached hydrogen (secondary N) is 3. The van der Waals surface area contributed by atoms with Crippen molar-refractivity contribution in [2.24, 2.45) is 5.92 Å². The van der Waals surface area contributed by atoms with Crippen molar-refractivity contribution in [3.8, 4) is 11.1 Å². The number of rotatable bonds is 16. The van der Waals surface area contributed by atoms with Gasteiger partial charge in [-0.25, -0.2) is 4.79 Å². The van der Waals surface area contributed by atoms with Crippen LogP contribution >= 0.6 is 11.6 Å². The number of alkyl halides is 1. The molecule has 3 amide bonds. The average Bonchev–Trinajstić information content (AvgIpc) is 3.05. The summed E-state index contributed by atoms with van der Waals surface area (Å²) < 4.78 is 11.1. The highest BCUT2D eigenvalue weighted by Gasteiger charge is 2.32. The molecule has 0 radical (unpaired) electrons. The predicted molar refractivity (Wildman–Crippen MR) is 184 cm³/mol. The normalized spacial score (nSPS) is 13.3. The Bertz CT molecular complexity index is 1440. The van der Waals surface area contributed by atoms with Crippen LogP contribution in [-0.4, -0.2) is 66.5 Å². The van der Waals surface area contributed by atoms with Crippen LogP contribution in [0.1, 0.15) is 57.0 Å². The second kappa shape index (κ2) is 18.2. The zero-order chi connectivity index (χ0) is 34.4. The van der Waals surface area contributed by atoms with Gasteiger partial charge in [-0.15, -0.1) is 11.6 Å². The Hall–Kier alpha value is -4.21. The van der Waals surface area contributed by atoms with Crippen molar-refractivity contribution in [2.45, 2.75) is 71.2 Å². The fraction of sp³-hybridized carbons (Fsp3) is 0.405. The van der Waals surface area contributed by atoms with Crippen molar-refractivity contribution in [2.75, 3.05) is 19.1 Å². The summed E-state index contributed by atoms with van der Waals surface area (Å²) >= 11 is 5.69. The van der Waals surface area contributed by atoms with Crippen molar-refractivity contribution < 1.29 is 28.7 Å². The van der Waals surface area contributed by atoms with Crippen molar-refractivity contribution in [1.82, 2.24) is 16.0 Å². The highest BCUT2D eigenvalue weighted by atomic mass is 35.5. The van der Waals surface area contributed by atoms with Gasteiger partial charge in [0.1, 0.15) is 24.7 Å². The van der Waals surface area contributed by atoms with E-state index in [1.54, 1.807) is 12.1 Å². The van der Waals surface area contributed by atoms with E-state index in [0.717, 1.165) is 16.7 Å². The molecule has 252 valence electrons. The number of halogens is 1. The van der Waals surface area contributed by atoms with E-state index >= 15 is 0 Å². The molecule has 0 aliphatic heterocycles. The quantitative estimate of drug-likeness (QED) is 0.141. The Morgan fingerprint density at radius 3 is 1.85 bits per heavy atom. The summed E-state index contributed by atoms with van der Waals surface area (Å²) in [6.45, 7) is 9.17. The zero-order valence-electron chi connectivity index (χ0n) is 27.8. The van der Waals surface area contributed by atoms with Gasteiger partial charge < -0.3 is 25.4 Å². The van der Waals surface area contributed by atoms with Gasteiger partial charge in [0, 0.05) is 12.0 Å². The van der Waals surface area contributed by atoms with Gasteiger partial charge in [-0.05, 0) is 61.9 Å². The van der Waals surface area contributed by atoms with Crippen molar-refractivity contribution >= 4 is 35.3 Å². The van der Waals surface area contributed by atoms with E-state index in [1.807, 2.05) is 107 Å². The highest BCUT2D eigenvalue weighted by molar-refractivity contribution is 6.18. The molecule has 0 heterocycles. The summed E-state index contributed by atoms with van der Waals surface area (Å²) in [7, 11) is 0. The van der Waals surface area contributed by atoms with Gasteiger partial charge in [-0.3, -0.25) is 14.4 Å². The molecular formula is C37H46ClN3O6. The maximum Gasteiger partial charge on any atom is 0.328 e. The van der Waals surface area contributed by atoms with Crippen LogP contribution in [0.4, 0.5) is 0 Å². The summed E-state index contributed by atoms with van der Waals surface area (Å²) in [5.41, 5.74) is 2.55. The molecule has 0 fully saturated rings. The van der Waals surface area contributed by atoms with Crippen LogP contribution in [0.25, 0.3) is 11.1 Å². The van der Waals surface area contributed by atoms with Gasteiger partial charge in [0.25, 0.3) is 5.91 Å². The molecule has 3 atom stereocenters. The van der Waals surface area contributed by atoms with Gasteiger partial charge in [-0.2, -0.15) is 0 Å². The minimum atomic E-state index is -1.17. The van der Waals surface area contributed by atoms with Crippen molar-refractivity contribution in [1.29, 1.82) is 0 Å². The van der Waals surface area contributed by atoms with Gasteiger partial charge in [0.05, 0.1) is 18.1 Å². The molecule has 3 rings (SSSR count). The molecular weight excluding hydrogens is 618 g/mol. The van der Waals surface area contributed by atoms with E-state index in [1.165, 1.54) is 0 Å². The molecule has 9 nitrogen and oxygen atoms in total. The number of esters is 1. The van der Waals surface area contributed by atoms with Crippen LogP contribution in [0.2, 0.25) is 0 Å². The molecule has 10 heteroatoms. The Morgan fingerprint density at radius 1 is 0.723 bits per heavy atom. The fourth-order valence-electron chi connectivity index (χ4n) is 4.73. The summed E-state index contributed by atoms with van der Waals surface area (Å²) in [4.78, 5) is 53.6. The first-order valence-corrected chi connectivity index (χ1v) is 16.4. The van der Waals surface area contributed by atoms with Gasteiger partial charge in [0.15, 0.2) is 0 Å². The molecule has 0 saturated heterocycles. The maximum atomic E-state index is 13.9. The van der Waals surface area contributed by atoms with Crippen LogP contribution in [0.5, 0.6) is 0 Å². The lowest BCUT2D eigenvalue weighted by Crippen LogP contribution is -2.58. The molecule has 0 aliphatic carbocycles. The molecule has 0 unspecified atom stereocenters. The molecule has 3 aromatic carbocycles. The largest absolute Gasteiger partial charge is 0.463 e. The molecule has 47 heavy (non-hydrogen) atoms. The van der Waals surface area contributed by atoms with Crippen molar-refractivity contribution in [3.05, 3.63) is 96.1 Å². The topological polar surface area (TPSA) is 123 Å². The Balaban J connectivity index is 1.83. The number of amides is 3. The first-order chi connectivity index (χ1) is 22.4. The van der Waals surface area contributed by atoms with Crippen LogP contribution < -0.4 is 16.0 Å². The Labute approximate surface area is 282 Å². The van der Waals surface area contributed by atoms with Crippen molar-refractivity contribution in [3.63, 3.8) is 0 Å². The number of hydrogen-bond donors (Lipinski definition) is 3. The Kier molecular flexibility index (Phi) is 14.4. The second-order valence-corrected chi connectivity index (χ2v) is 13.1. The number of carbonyl (C=O) groups is 4. The SMILES string of the molecule is CC(C)C[C@H](NC(=O)[C@H](COC(C)(C)C)NC(=O)[C@H](Cc1ccccc1)NC(=O)c1ccc(-c2ccccc2)cc1)C(=O)OCCCl. The minimum absolute atomic E-state index is 0.00794. The highest BCUT2D eigenvalue weighted by Crippen LogP contribution is 2.19. The van der Waals surface area contributed by atoms with Crippen LogP contribution in [0, 0.1) is 5.92 Å².